The molecule has 0 aromatic rings. The van der Waals surface area contributed by atoms with Gasteiger partial charge in [0.05, 0.1) is 0 Å². The van der Waals surface area contributed by atoms with Crippen LogP contribution in [0.25, 0.3) is 4.65 Å². The Hall–Kier alpha value is 0.253. The summed E-state index contributed by atoms with van der Waals surface area (Å²) in [7, 11) is -2.21. The summed E-state index contributed by atoms with van der Waals surface area (Å²) in [6.45, 7) is 29.3. The molecule has 0 aromatic heterocycles. The molecule has 6 heteroatoms. The van der Waals surface area contributed by atoms with Gasteiger partial charge in [0.15, 0.2) is 0 Å². The summed E-state index contributed by atoms with van der Waals surface area (Å²) >= 11 is 0. The summed E-state index contributed by atoms with van der Waals surface area (Å²) in [6.07, 6.45) is 0. The van der Waals surface area contributed by atoms with E-state index in [1.165, 1.54) is 11.4 Å². The van der Waals surface area contributed by atoms with Crippen molar-refractivity contribution >= 4 is 16.5 Å². The predicted octanol–water partition coefficient (Wildman–Crippen LogP) is 5.82. The molecular formula is C17H39CuN3Si2. The Morgan fingerprint density at radius 3 is 1.09 bits per heavy atom. The van der Waals surface area contributed by atoms with Gasteiger partial charge in [-0.15, -0.1) is 0 Å². The third-order valence-corrected chi connectivity index (χ3v) is 8.70. The van der Waals surface area contributed by atoms with Crippen LogP contribution in [0.15, 0.2) is 11.4 Å². The standard InChI is InChI=1S/C11H21N2.C6H18NSi2.Cu/c1-8(2)12-7-13(9(3)4)11(6)10(12)5;1-8(2,3)7-9(4,5)6;/h7-9H,1-6H3;1-6H3;/q2*-1;+2. The fourth-order valence-electron chi connectivity index (χ4n) is 2.73. The Kier molecular flexibility index (Phi) is 10.7. The van der Waals surface area contributed by atoms with E-state index >= 15 is 0 Å². The molecule has 0 aromatic carbocycles. The van der Waals surface area contributed by atoms with Gasteiger partial charge in [0.25, 0.3) is 0 Å². The Morgan fingerprint density at radius 2 is 1.00 bits per heavy atom. The van der Waals surface area contributed by atoms with Crippen molar-refractivity contribution in [1.82, 2.24) is 9.80 Å². The van der Waals surface area contributed by atoms with Crippen molar-refractivity contribution in [2.45, 2.75) is 92.9 Å². The molecule has 1 heterocycles. The average Bonchev–Trinajstić information content (AvgIpc) is 2.51. The van der Waals surface area contributed by atoms with Gasteiger partial charge in [0.2, 0.25) is 0 Å². The molecule has 0 N–H and O–H groups in total. The zero-order valence-electron chi connectivity index (χ0n) is 17.4. The van der Waals surface area contributed by atoms with E-state index in [0.717, 1.165) is 0 Å². The fourth-order valence-corrected chi connectivity index (χ4v) is 10.8. The molecule has 0 aliphatic carbocycles. The molecule has 3 nitrogen and oxygen atoms in total. The number of hydrogen-bond acceptors (Lipinski definition) is 2. The minimum absolute atomic E-state index is 0. The monoisotopic (exact) mass is 404 g/mol. The zero-order valence-corrected chi connectivity index (χ0v) is 20.3. The van der Waals surface area contributed by atoms with Gasteiger partial charge >= 0.3 is 17.1 Å². The van der Waals surface area contributed by atoms with Crippen LogP contribution in [0.4, 0.5) is 0 Å². The second-order valence-electron chi connectivity index (χ2n) is 8.74. The first-order valence-corrected chi connectivity index (χ1v) is 15.4. The Balaban J connectivity index is 0. The van der Waals surface area contributed by atoms with Crippen LogP contribution < -0.4 is 0 Å². The number of allylic oxidation sites excluding steroid dienone is 2. The van der Waals surface area contributed by atoms with Crippen molar-refractivity contribution < 1.29 is 17.1 Å². The average molecular weight is 405 g/mol. The maximum atomic E-state index is 4.82. The summed E-state index contributed by atoms with van der Waals surface area (Å²) in [4.78, 5) is 4.66. The molecule has 0 atom stereocenters. The van der Waals surface area contributed by atoms with Crippen LogP contribution >= 0.6 is 0 Å². The van der Waals surface area contributed by atoms with E-state index in [2.05, 4.69) is 97.3 Å². The predicted molar refractivity (Wildman–Crippen MR) is 107 cm³/mol. The molecule has 23 heavy (non-hydrogen) atoms. The van der Waals surface area contributed by atoms with E-state index in [4.69, 9.17) is 4.65 Å². The molecule has 1 aliphatic rings. The van der Waals surface area contributed by atoms with Crippen LogP contribution in [0.5, 0.6) is 0 Å². The smallest absolute Gasteiger partial charge is 0.668 e. The Labute approximate surface area is 158 Å². The Morgan fingerprint density at radius 1 is 0.739 bits per heavy atom. The van der Waals surface area contributed by atoms with Crippen LogP contribution in [-0.2, 0) is 17.1 Å². The SMILES string of the molecule is CC1=C(C)N(C(C)C)[CH-]N1C(C)C.C[Si](C)(C)[N-][Si](C)(C)C.[Cu+2]. The maximum absolute atomic E-state index is 4.82. The molecule has 0 fully saturated rings. The molecule has 141 valence electrons. The van der Waals surface area contributed by atoms with Crippen LogP contribution in [0.1, 0.15) is 41.5 Å². The van der Waals surface area contributed by atoms with Crippen molar-refractivity contribution in [3.63, 3.8) is 0 Å². The first-order chi connectivity index (χ1) is 9.65. The van der Waals surface area contributed by atoms with Crippen LogP contribution in [0.3, 0.4) is 0 Å². The fraction of sp³-hybridized carbons (Fsp3) is 0.824. The second-order valence-corrected chi connectivity index (χ2v) is 18.3. The second kappa shape index (κ2) is 9.66. The van der Waals surface area contributed by atoms with Gasteiger partial charge in [-0.2, -0.15) is 6.67 Å². The van der Waals surface area contributed by atoms with E-state index in [1.54, 1.807) is 0 Å². The van der Waals surface area contributed by atoms with E-state index in [1.807, 2.05) is 0 Å². The van der Waals surface area contributed by atoms with Crippen molar-refractivity contribution in [1.29, 1.82) is 0 Å². The van der Waals surface area contributed by atoms with Crippen LogP contribution in [0.2, 0.25) is 39.3 Å². The Bertz CT molecular complexity index is 348. The van der Waals surface area contributed by atoms with E-state index in [9.17, 15) is 0 Å². The molecule has 1 radical (unpaired) electrons. The van der Waals surface area contributed by atoms with Gasteiger partial charge in [-0.1, -0.05) is 55.8 Å². The molecule has 1 rings (SSSR count). The van der Waals surface area contributed by atoms with Crippen molar-refractivity contribution in [2.24, 2.45) is 0 Å². The van der Waals surface area contributed by atoms with Crippen molar-refractivity contribution in [3.8, 4) is 0 Å². The third kappa shape index (κ3) is 9.97. The molecule has 1 aliphatic heterocycles. The van der Waals surface area contributed by atoms with Gasteiger partial charge in [0, 0.05) is 0 Å². The first kappa shape index (κ1) is 25.5. The topological polar surface area (TPSA) is 20.6 Å². The van der Waals surface area contributed by atoms with E-state index in [0.29, 0.717) is 12.1 Å². The molecular weight excluding hydrogens is 366 g/mol. The quantitative estimate of drug-likeness (QED) is 0.434. The van der Waals surface area contributed by atoms with Gasteiger partial charge < -0.3 is 14.4 Å². The van der Waals surface area contributed by atoms with Gasteiger partial charge in [-0.05, 0) is 65.0 Å². The zero-order chi connectivity index (χ0) is 17.9. The molecule has 0 bridgehead atoms. The maximum Gasteiger partial charge on any atom is 2.00 e. The summed E-state index contributed by atoms with van der Waals surface area (Å²) in [5, 5.41) is 0. The van der Waals surface area contributed by atoms with E-state index in [-0.39, 0.29) is 17.1 Å². The normalized spacial score (nSPS) is 15.9. The molecule has 0 saturated heterocycles. The minimum atomic E-state index is -1.11. The minimum Gasteiger partial charge on any atom is -0.668 e. The number of hydrogen-bond donors (Lipinski definition) is 0. The number of nitrogens with zero attached hydrogens (tertiary/aromatic N) is 3. The molecule has 0 saturated carbocycles. The van der Waals surface area contributed by atoms with Gasteiger partial charge in [0.1, 0.15) is 0 Å². The molecule has 0 spiro atoms. The number of rotatable bonds is 4. The summed E-state index contributed by atoms with van der Waals surface area (Å²) in [5.74, 6) is 0. The summed E-state index contributed by atoms with van der Waals surface area (Å²) < 4.78 is 4.82. The van der Waals surface area contributed by atoms with Crippen LogP contribution in [0, 0.1) is 6.67 Å². The summed E-state index contributed by atoms with van der Waals surface area (Å²) in [6, 6.07) is 1.11. The summed E-state index contributed by atoms with van der Waals surface area (Å²) in [5.41, 5.74) is 2.76. The van der Waals surface area contributed by atoms with Gasteiger partial charge in [-0.25, -0.2) is 0 Å². The van der Waals surface area contributed by atoms with Crippen molar-refractivity contribution in [3.05, 3.63) is 22.7 Å². The van der Waals surface area contributed by atoms with Gasteiger partial charge in [-0.3, -0.25) is 0 Å². The largest absolute Gasteiger partial charge is 2.00 e. The molecule has 0 unspecified atom stereocenters. The first-order valence-electron chi connectivity index (χ1n) is 8.49. The van der Waals surface area contributed by atoms with Crippen molar-refractivity contribution in [2.75, 3.05) is 0 Å². The third-order valence-electron chi connectivity index (χ3n) is 3.33. The van der Waals surface area contributed by atoms with E-state index < -0.39 is 16.5 Å². The van der Waals surface area contributed by atoms with Crippen LogP contribution in [-0.4, -0.2) is 38.4 Å². The molecule has 0 amide bonds.